The summed E-state index contributed by atoms with van der Waals surface area (Å²) in [6.07, 6.45) is 0.925. The van der Waals surface area contributed by atoms with Crippen molar-refractivity contribution >= 4 is 23.7 Å². The SMILES string of the molecule is CCOC(=O)N1CCN(CCN2CCN(c3ccc(F)cc3)CC2)CC1.O=C(O)/C=C/C(=O)O. The molecule has 11 heteroatoms. The Morgan fingerprint density at radius 3 is 1.76 bits per heavy atom. The van der Waals surface area contributed by atoms with Crippen LogP contribution in [0.25, 0.3) is 0 Å². The van der Waals surface area contributed by atoms with Crippen molar-refractivity contribution in [1.82, 2.24) is 14.7 Å². The van der Waals surface area contributed by atoms with Crippen molar-refractivity contribution in [2.24, 2.45) is 0 Å². The summed E-state index contributed by atoms with van der Waals surface area (Å²) in [4.78, 5) is 39.8. The molecule has 2 heterocycles. The van der Waals surface area contributed by atoms with Crippen LogP contribution in [0.3, 0.4) is 0 Å². The number of amides is 1. The van der Waals surface area contributed by atoms with Gasteiger partial charge in [-0.1, -0.05) is 0 Å². The van der Waals surface area contributed by atoms with Crippen LogP contribution in [0.1, 0.15) is 6.92 Å². The van der Waals surface area contributed by atoms with Crippen LogP contribution in [0.2, 0.25) is 0 Å². The highest BCUT2D eigenvalue weighted by Gasteiger charge is 2.23. The first-order valence-corrected chi connectivity index (χ1v) is 11.3. The van der Waals surface area contributed by atoms with Crippen LogP contribution in [-0.4, -0.2) is 115 Å². The molecule has 0 radical (unpaired) electrons. The number of hydrogen-bond donors (Lipinski definition) is 2. The standard InChI is InChI=1S/C19H29FN4O2.C4H4O4/c1-2-26-19(25)24-15-11-22(12-16-24)8-7-21-9-13-23(14-10-21)18-5-3-17(20)4-6-18;5-3(6)1-2-4(7)8/h3-6H,2,7-16H2,1H3;1-2H,(H,5,6)(H,7,8)/b;2-1+. The number of hydrogen-bond acceptors (Lipinski definition) is 7. The number of carboxylic acids is 2. The minimum atomic E-state index is -1.26. The normalized spacial score (nSPS) is 17.2. The van der Waals surface area contributed by atoms with Gasteiger partial charge in [-0.2, -0.15) is 0 Å². The second-order valence-corrected chi connectivity index (χ2v) is 7.84. The number of anilines is 1. The third kappa shape index (κ3) is 9.75. The maximum Gasteiger partial charge on any atom is 0.409 e. The summed E-state index contributed by atoms with van der Waals surface area (Å²) >= 11 is 0. The quantitative estimate of drug-likeness (QED) is 0.560. The largest absolute Gasteiger partial charge is 0.478 e. The molecule has 0 unspecified atom stereocenters. The van der Waals surface area contributed by atoms with Crippen molar-refractivity contribution in [3.63, 3.8) is 0 Å². The molecule has 3 rings (SSSR count). The molecule has 0 bridgehead atoms. The van der Waals surface area contributed by atoms with Gasteiger partial charge in [-0.05, 0) is 31.2 Å². The van der Waals surface area contributed by atoms with Crippen molar-refractivity contribution in [3.8, 4) is 0 Å². The zero-order valence-corrected chi connectivity index (χ0v) is 19.4. The Morgan fingerprint density at radius 1 is 0.853 bits per heavy atom. The van der Waals surface area contributed by atoms with E-state index in [9.17, 15) is 18.8 Å². The van der Waals surface area contributed by atoms with Crippen molar-refractivity contribution in [3.05, 3.63) is 42.2 Å². The van der Waals surface area contributed by atoms with Crippen LogP contribution in [0, 0.1) is 5.82 Å². The van der Waals surface area contributed by atoms with Gasteiger partial charge in [-0.25, -0.2) is 18.8 Å². The number of nitrogens with zero attached hydrogens (tertiary/aromatic N) is 4. The van der Waals surface area contributed by atoms with E-state index in [0.717, 1.165) is 71.1 Å². The van der Waals surface area contributed by atoms with E-state index in [-0.39, 0.29) is 11.9 Å². The fourth-order valence-electron chi connectivity index (χ4n) is 3.68. The lowest BCUT2D eigenvalue weighted by Gasteiger charge is -2.38. The van der Waals surface area contributed by atoms with Gasteiger partial charge in [0, 0.05) is 83.3 Å². The molecule has 0 atom stereocenters. The maximum atomic E-state index is 13.0. The molecule has 2 saturated heterocycles. The van der Waals surface area contributed by atoms with Crippen molar-refractivity contribution < 1.29 is 33.7 Å². The lowest BCUT2D eigenvalue weighted by Crippen LogP contribution is -2.52. The van der Waals surface area contributed by atoms with E-state index >= 15 is 0 Å². The Kier molecular flexibility index (Phi) is 11.3. The van der Waals surface area contributed by atoms with Gasteiger partial charge in [0.15, 0.2) is 0 Å². The number of carbonyl (C=O) groups excluding carboxylic acids is 1. The van der Waals surface area contributed by atoms with Crippen molar-refractivity contribution in [2.75, 3.05) is 77.0 Å². The number of benzene rings is 1. The van der Waals surface area contributed by atoms with E-state index in [0.29, 0.717) is 18.8 Å². The van der Waals surface area contributed by atoms with Crippen LogP contribution in [-0.2, 0) is 14.3 Å². The predicted molar refractivity (Wildman–Crippen MR) is 124 cm³/mol. The zero-order valence-electron chi connectivity index (χ0n) is 19.4. The Bertz CT molecular complexity index is 803. The lowest BCUT2D eigenvalue weighted by atomic mass is 10.2. The Morgan fingerprint density at radius 2 is 1.32 bits per heavy atom. The molecule has 0 aliphatic carbocycles. The second-order valence-electron chi connectivity index (χ2n) is 7.84. The number of halogens is 1. The Balaban J connectivity index is 0.000000440. The van der Waals surface area contributed by atoms with E-state index in [1.165, 1.54) is 12.1 Å². The molecule has 2 fully saturated rings. The molecular formula is C23H33FN4O6. The molecule has 2 N–H and O–H groups in total. The summed E-state index contributed by atoms with van der Waals surface area (Å²) < 4.78 is 18.1. The molecule has 1 aromatic carbocycles. The smallest absolute Gasteiger partial charge is 0.409 e. The minimum Gasteiger partial charge on any atom is -0.478 e. The topological polar surface area (TPSA) is 114 Å². The summed E-state index contributed by atoms with van der Waals surface area (Å²) in [6, 6.07) is 6.76. The maximum absolute atomic E-state index is 13.0. The van der Waals surface area contributed by atoms with Gasteiger partial charge in [-0.15, -0.1) is 0 Å². The van der Waals surface area contributed by atoms with E-state index in [1.807, 2.05) is 19.1 Å². The molecule has 10 nitrogen and oxygen atoms in total. The second kappa shape index (κ2) is 14.2. The Labute approximate surface area is 198 Å². The number of carboxylic acid groups (broad SMARTS) is 2. The van der Waals surface area contributed by atoms with Gasteiger partial charge in [0.25, 0.3) is 0 Å². The van der Waals surface area contributed by atoms with Gasteiger partial charge >= 0.3 is 18.0 Å². The van der Waals surface area contributed by atoms with Crippen molar-refractivity contribution in [2.45, 2.75) is 6.92 Å². The molecule has 2 aliphatic heterocycles. The third-order valence-corrected chi connectivity index (χ3v) is 5.56. The monoisotopic (exact) mass is 480 g/mol. The number of aliphatic carboxylic acids is 2. The van der Waals surface area contributed by atoms with Gasteiger partial charge in [0.2, 0.25) is 0 Å². The van der Waals surface area contributed by atoms with Crippen LogP contribution in [0.5, 0.6) is 0 Å². The van der Waals surface area contributed by atoms with Gasteiger partial charge in [0.1, 0.15) is 5.82 Å². The highest BCUT2D eigenvalue weighted by Crippen LogP contribution is 2.17. The van der Waals surface area contributed by atoms with Crippen LogP contribution in [0.4, 0.5) is 14.9 Å². The highest BCUT2D eigenvalue weighted by atomic mass is 19.1. The first-order valence-electron chi connectivity index (χ1n) is 11.3. The fraction of sp³-hybridized carbons (Fsp3) is 0.522. The van der Waals surface area contributed by atoms with Gasteiger partial charge in [0.05, 0.1) is 6.61 Å². The molecule has 34 heavy (non-hydrogen) atoms. The summed E-state index contributed by atoms with van der Waals surface area (Å²) in [6.45, 7) is 11.7. The van der Waals surface area contributed by atoms with Crippen molar-refractivity contribution in [1.29, 1.82) is 0 Å². The van der Waals surface area contributed by atoms with E-state index in [1.54, 1.807) is 4.90 Å². The summed E-state index contributed by atoms with van der Waals surface area (Å²) in [5.74, 6) is -2.70. The molecule has 2 aliphatic rings. The Hall–Kier alpha value is -3.18. The van der Waals surface area contributed by atoms with E-state index in [2.05, 4.69) is 14.7 Å². The zero-order chi connectivity index (χ0) is 24.9. The average molecular weight is 481 g/mol. The molecule has 1 aromatic rings. The molecule has 0 spiro atoms. The summed E-state index contributed by atoms with van der Waals surface area (Å²) in [5.41, 5.74) is 1.10. The third-order valence-electron chi connectivity index (χ3n) is 5.56. The first kappa shape index (κ1) is 27.1. The van der Waals surface area contributed by atoms with Crippen LogP contribution < -0.4 is 4.90 Å². The summed E-state index contributed by atoms with van der Waals surface area (Å²) in [7, 11) is 0. The van der Waals surface area contributed by atoms with Crippen LogP contribution in [0.15, 0.2) is 36.4 Å². The molecule has 0 saturated carbocycles. The number of piperazine rings is 2. The average Bonchev–Trinajstić information content (AvgIpc) is 2.83. The first-order chi connectivity index (χ1) is 16.3. The highest BCUT2D eigenvalue weighted by molar-refractivity contribution is 5.89. The molecular weight excluding hydrogens is 447 g/mol. The van der Waals surface area contributed by atoms with Gasteiger partial charge in [-0.3, -0.25) is 9.80 Å². The number of rotatable bonds is 7. The number of ether oxygens (including phenoxy) is 1. The molecule has 1 amide bonds. The predicted octanol–water partition coefficient (Wildman–Crippen LogP) is 1.43. The fourth-order valence-corrected chi connectivity index (χ4v) is 3.68. The molecule has 0 aromatic heterocycles. The summed E-state index contributed by atoms with van der Waals surface area (Å²) in [5, 5.41) is 15.6. The lowest BCUT2D eigenvalue weighted by molar-refractivity contribution is -0.134. The van der Waals surface area contributed by atoms with E-state index in [4.69, 9.17) is 14.9 Å². The molecule has 188 valence electrons. The van der Waals surface area contributed by atoms with Crippen LogP contribution >= 0.6 is 0 Å². The minimum absolute atomic E-state index is 0.185. The van der Waals surface area contributed by atoms with E-state index < -0.39 is 11.9 Å². The van der Waals surface area contributed by atoms with Gasteiger partial charge < -0.3 is 24.7 Å². The number of carbonyl (C=O) groups is 3.